The monoisotopic (exact) mass is 236 g/mol. The van der Waals surface area contributed by atoms with E-state index in [1.165, 1.54) is 25.7 Å². The highest BCUT2D eigenvalue weighted by atomic mass is 16.5. The summed E-state index contributed by atoms with van der Waals surface area (Å²) in [6, 6.07) is 0.568. The van der Waals surface area contributed by atoms with E-state index < -0.39 is 0 Å². The van der Waals surface area contributed by atoms with E-state index in [4.69, 9.17) is 4.52 Å². The third-order valence-electron chi connectivity index (χ3n) is 3.69. The van der Waals surface area contributed by atoms with Crippen molar-refractivity contribution in [3.8, 4) is 0 Å². The summed E-state index contributed by atoms with van der Waals surface area (Å²) >= 11 is 0. The molecule has 0 amide bonds. The highest BCUT2D eigenvalue weighted by Crippen LogP contribution is 2.25. The van der Waals surface area contributed by atoms with Gasteiger partial charge in [0.2, 0.25) is 5.89 Å². The van der Waals surface area contributed by atoms with Gasteiger partial charge in [0.15, 0.2) is 5.82 Å². The predicted octanol–water partition coefficient (Wildman–Crippen LogP) is 1.70. The number of hydrogen-bond acceptors (Lipinski definition) is 5. The molecule has 0 spiro atoms. The van der Waals surface area contributed by atoms with Gasteiger partial charge in [0.05, 0.1) is 12.1 Å². The summed E-state index contributed by atoms with van der Waals surface area (Å²) < 4.78 is 5.39. The van der Waals surface area contributed by atoms with E-state index in [-0.39, 0.29) is 6.04 Å². The van der Waals surface area contributed by atoms with E-state index in [0.29, 0.717) is 6.04 Å². The van der Waals surface area contributed by atoms with Gasteiger partial charge in [0.25, 0.3) is 0 Å². The van der Waals surface area contributed by atoms with Gasteiger partial charge >= 0.3 is 0 Å². The van der Waals surface area contributed by atoms with Gasteiger partial charge in [-0.25, -0.2) is 0 Å². The summed E-state index contributed by atoms with van der Waals surface area (Å²) in [5.41, 5.74) is 0. The third kappa shape index (κ3) is 2.50. The molecule has 1 aromatic heterocycles. The van der Waals surface area contributed by atoms with Crippen LogP contribution in [0.1, 0.15) is 62.3 Å². The molecule has 17 heavy (non-hydrogen) atoms. The summed E-state index contributed by atoms with van der Waals surface area (Å²) in [7, 11) is 0. The van der Waals surface area contributed by atoms with Crippen molar-refractivity contribution in [2.45, 2.75) is 50.6 Å². The van der Waals surface area contributed by atoms with Crippen molar-refractivity contribution >= 4 is 0 Å². The molecule has 0 bridgehead atoms. The quantitative estimate of drug-likeness (QED) is 0.818. The average molecular weight is 236 g/mol. The second-order valence-electron chi connectivity index (χ2n) is 5.00. The van der Waals surface area contributed by atoms with Crippen molar-refractivity contribution in [1.29, 1.82) is 0 Å². The molecule has 2 aliphatic heterocycles. The fraction of sp³-hybridized carbons (Fsp3) is 0.833. The smallest absolute Gasteiger partial charge is 0.243 e. The minimum Gasteiger partial charge on any atom is -0.338 e. The third-order valence-corrected chi connectivity index (χ3v) is 3.69. The molecule has 2 saturated heterocycles. The average Bonchev–Trinajstić information content (AvgIpc) is 2.90. The topological polar surface area (TPSA) is 63.0 Å². The Morgan fingerprint density at radius 2 is 1.65 bits per heavy atom. The Bertz CT molecular complexity index is 321. The zero-order valence-electron chi connectivity index (χ0n) is 10.1. The van der Waals surface area contributed by atoms with Gasteiger partial charge < -0.3 is 15.2 Å². The van der Waals surface area contributed by atoms with E-state index >= 15 is 0 Å². The molecule has 2 aliphatic rings. The van der Waals surface area contributed by atoms with Gasteiger partial charge in [-0.2, -0.15) is 4.98 Å². The fourth-order valence-electron chi connectivity index (χ4n) is 2.67. The van der Waals surface area contributed by atoms with Gasteiger partial charge in [-0.15, -0.1) is 0 Å². The Kier molecular flexibility index (Phi) is 3.38. The predicted molar refractivity (Wildman–Crippen MR) is 63.5 cm³/mol. The maximum Gasteiger partial charge on any atom is 0.243 e. The maximum absolute atomic E-state index is 5.39. The molecule has 3 rings (SSSR count). The van der Waals surface area contributed by atoms with E-state index in [9.17, 15) is 0 Å². The lowest BCUT2D eigenvalue weighted by Crippen LogP contribution is -2.28. The van der Waals surface area contributed by atoms with Crippen molar-refractivity contribution in [2.24, 2.45) is 0 Å². The normalized spacial score (nSPS) is 30.4. The number of aromatic nitrogens is 2. The van der Waals surface area contributed by atoms with Gasteiger partial charge in [0.1, 0.15) is 0 Å². The summed E-state index contributed by atoms with van der Waals surface area (Å²) in [5.74, 6) is 1.61. The number of nitrogens with zero attached hydrogens (tertiary/aromatic N) is 2. The first kappa shape index (κ1) is 11.2. The van der Waals surface area contributed by atoms with Crippen LogP contribution in [0.15, 0.2) is 4.52 Å². The number of rotatable bonds is 2. The number of hydrogen-bond donors (Lipinski definition) is 2. The van der Waals surface area contributed by atoms with Gasteiger partial charge in [-0.1, -0.05) is 18.0 Å². The molecule has 5 nitrogen and oxygen atoms in total. The zero-order valence-corrected chi connectivity index (χ0v) is 10.1. The highest BCUT2D eigenvalue weighted by molar-refractivity contribution is 4.99. The number of piperidine rings is 2. The SMILES string of the molecule is C1CCC(c2noc(C3CCCCN3)n2)NC1. The molecule has 2 N–H and O–H groups in total. The van der Waals surface area contributed by atoms with Crippen molar-refractivity contribution in [2.75, 3.05) is 13.1 Å². The van der Waals surface area contributed by atoms with E-state index in [2.05, 4.69) is 20.8 Å². The lowest BCUT2D eigenvalue weighted by Gasteiger charge is -2.20. The van der Waals surface area contributed by atoms with E-state index in [0.717, 1.165) is 37.6 Å². The minimum absolute atomic E-state index is 0.272. The maximum atomic E-state index is 5.39. The van der Waals surface area contributed by atoms with E-state index in [1.807, 2.05) is 0 Å². The van der Waals surface area contributed by atoms with Crippen molar-refractivity contribution < 1.29 is 4.52 Å². The lowest BCUT2D eigenvalue weighted by atomic mass is 10.0. The lowest BCUT2D eigenvalue weighted by molar-refractivity contribution is 0.292. The van der Waals surface area contributed by atoms with Crippen LogP contribution in [0.3, 0.4) is 0 Å². The largest absolute Gasteiger partial charge is 0.338 e. The molecular weight excluding hydrogens is 216 g/mol. The van der Waals surface area contributed by atoms with E-state index in [1.54, 1.807) is 0 Å². The second-order valence-corrected chi connectivity index (χ2v) is 5.00. The molecule has 5 heteroatoms. The van der Waals surface area contributed by atoms with Gasteiger partial charge in [-0.3, -0.25) is 0 Å². The van der Waals surface area contributed by atoms with Crippen LogP contribution >= 0.6 is 0 Å². The summed E-state index contributed by atoms with van der Waals surface area (Å²) in [4.78, 5) is 4.55. The van der Waals surface area contributed by atoms with Crippen LogP contribution in [0.25, 0.3) is 0 Å². The van der Waals surface area contributed by atoms with Crippen molar-refractivity contribution in [3.05, 3.63) is 11.7 Å². The highest BCUT2D eigenvalue weighted by Gasteiger charge is 2.24. The summed E-state index contributed by atoms with van der Waals surface area (Å²) in [6.07, 6.45) is 7.24. The van der Waals surface area contributed by atoms with Crippen LogP contribution in [-0.4, -0.2) is 23.2 Å². The van der Waals surface area contributed by atoms with Gasteiger partial charge in [-0.05, 0) is 38.8 Å². The number of nitrogens with one attached hydrogen (secondary N) is 2. The summed E-state index contributed by atoms with van der Waals surface area (Å²) in [6.45, 7) is 2.13. The molecule has 0 saturated carbocycles. The molecule has 2 fully saturated rings. The Labute approximate surface area is 101 Å². The molecular formula is C12H20N4O. The molecule has 2 unspecified atom stereocenters. The van der Waals surface area contributed by atoms with Crippen LogP contribution < -0.4 is 10.6 Å². The Morgan fingerprint density at radius 1 is 0.941 bits per heavy atom. The minimum atomic E-state index is 0.272. The van der Waals surface area contributed by atoms with Crippen LogP contribution in [-0.2, 0) is 0 Å². The van der Waals surface area contributed by atoms with Crippen molar-refractivity contribution in [3.63, 3.8) is 0 Å². The first-order valence-corrected chi connectivity index (χ1v) is 6.74. The van der Waals surface area contributed by atoms with Crippen LogP contribution in [0.5, 0.6) is 0 Å². The van der Waals surface area contributed by atoms with Crippen LogP contribution in [0.4, 0.5) is 0 Å². The molecule has 0 aromatic carbocycles. The standard InChI is InChI=1S/C12H20N4O/c1-3-7-13-9(5-1)11-15-12(17-16-11)10-6-2-4-8-14-10/h9-10,13-14H,1-8H2. The first-order valence-electron chi connectivity index (χ1n) is 6.74. The van der Waals surface area contributed by atoms with Gasteiger partial charge in [0, 0.05) is 0 Å². The summed E-state index contributed by atoms with van der Waals surface area (Å²) in [5, 5.41) is 11.0. The Balaban J connectivity index is 1.68. The fourth-order valence-corrected chi connectivity index (χ4v) is 2.67. The van der Waals surface area contributed by atoms with Crippen LogP contribution in [0.2, 0.25) is 0 Å². The molecule has 2 atom stereocenters. The van der Waals surface area contributed by atoms with Crippen LogP contribution in [0, 0.1) is 0 Å². The zero-order chi connectivity index (χ0) is 11.5. The van der Waals surface area contributed by atoms with Crippen molar-refractivity contribution in [1.82, 2.24) is 20.8 Å². The molecule has 0 aliphatic carbocycles. The Morgan fingerprint density at radius 3 is 2.29 bits per heavy atom. The Hall–Kier alpha value is -0.940. The molecule has 1 aromatic rings. The second kappa shape index (κ2) is 5.14. The molecule has 0 radical (unpaired) electrons. The molecule has 3 heterocycles. The first-order chi connectivity index (χ1) is 8.43. The molecule has 94 valence electrons.